The topological polar surface area (TPSA) is 78.8 Å². The number of hydrogen-bond donors (Lipinski definition) is 1. The summed E-state index contributed by atoms with van der Waals surface area (Å²) in [4.78, 5) is 0. The van der Waals surface area contributed by atoms with Crippen LogP contribution in [0, 0.1) is 5.92 Å². The van der Waals surface area contributed by atoms with Crippen LogP contribution in [-0.2, 0) is 0 Å². The van der Waals surface area contributed by atoms with Gasteiger partial charge < -0.3 is 10.5 Å². The van der Waals surface area contributed by atoms with Gasteiger partial charge in [-0.25, -0.2) is 4.68 Å². The van der Waals surface area contributed by atoms with Crippen molar-refractivity contribution >= 4 is 5.69 Å². The number of anilines is 1. The fourth-order valence-corrected chi connectivity index (χ4v) is 2.92. The summed E-state index contributed by atoms with van der Waals surface area (Å²) in [5.74, 6) is 2.19. The minimum absolute atomic E-state index is 0.362. The van der Waals surface area contributed by atoms with Gasteiger partial charge in [0.25, 0.3) is 0 Å². The van der Waals surface area contributed by atoms with E-state index in [0.29, 0.717) is 11.7 Å². The predicted molar refractivity (Wildman–Crippen MR) is 76.3 cm³/mol. The zero-order chi connectivity index (χ0) is 14.1. The minimum atomic E-state index is 0.362. The third-order valence-corrected chi connectivity index (χ3v) is 3.97. The summed E-state index contributed by atoms with van der Waals surface area (Å²) in [6.45, 7) is 2.27. The average Bonchev–Trinajstić information content (AvgIpc) is 3.06. The molecule has 0 spiro atoms. The van der Waals surface area contributed by atoms with E-state index in [1.807, 2.05) is 22.9 Å². The molecule has 1 fully saturated rings. The number of nitrogen functional groups attached to an aromatic ring is 1. The van der Waals surface area contributed by atoms with Crippen LogP contribution >= 0.6 is 0 Å². The number of nitrogens with zero attached hydrogens (tertiary/aromatic N) is 4. The molecule has 0 saturated heterocycles. The molecule has 0 aliphatic heterocycles. The molecule has 1 heterocycles. The number of tetrazole rings is 1. The summed E-state index contributed by atoms with van der Waals surface area (Å²) < 4.78 is 7.32. The van der Waals surface area contributed by atoms with Crippen LogP contribution in [-0.4, -0.2) is 27.3 Å². The maximum Gasteiger partial charge on any atom is 0.186 e. The fourth-order valence-electron chi connectivity index (χ4n) is 2.92. The number of methoxy groups -OCH3 is 1. The lowest BCUT2D eigenvalue weighted by Crippen LogP contribution is -2.10. The number of rotatable bonds is 3. The number of hydrogen-bond acceptors (Lipinski definition) is 5. The van der Waals surface area contributed by atoms with Gasteiger partial charge in [0.05, 0.1) is 18.7 Å². The van der Waals surface area contributed by atoms with E-state index >= 15 is 0 Å². The van der Waals surface area contributed by atoms with Gasteiger partial charge in [0.15, 0.2) is 5.82 Å². The maximum absolute atomic E-state index is 5.88. The molecular formula is C14H19N5O. The van der Waals surface area contributed by atoms with Gasteiger partial charge in [0.1, 0.15) is 5.75 Å². The molecule has 2 aromatic rings. The zero-order valence-electron chi connectivity index (χ0n) is 11.8. The Kier molecular flexibility index (Phi) is 3.30. The highest BCUT2D eigenvalue weighted by molar-refractivity contribution is 5.68. The highest BCUT2D eigenvalue weighted by atomic mass is 16.5. The fraction of sp³-hybridized carbons (Fsp3) is 0.500. The van der Waals surface area contributed by atoms with E-state index < -0.39 is 0 Å². The van der Waals surface area contributed by atoms with E-state index in [9.17, 15) is 0 Å². The normalized spacial score (nSPS) is 22.1. The van der Waals surface area contributed by atoms with Crippen molar-refractivity contribution < 1.29 is 4.74 Å². The van der Waals surface area contributed by atoms with Crippen LogP contribution in [0.3, 0.4) is 0 Å². The smallest absolute Gasteiger partial charge is 0.186 e. The van der Waals surface area contributed by atoms with Crippen molar-refractivity contribution in [2.24, 2.45) is 5.92 Å². The number of benzene rings is 1. The number of ether oxygens (including phenoxy) is 1. The van der Waals surface area contributed by atoms with Gasteiger partial charge in [-0.15, -0.1) is 5.10 Å². The van der Waals surface area contributed by atoms with E-state index in [4.69, 9.17) is 10.5 Å². The average molecular weight is 273 g/mol. The molecule has 2 unspecified atom stereocenters. The molecule has 1 aromatic heterocycles. The summed E-state index contributed by atoms with van der Waals surface area (Å²) in [7, 11) is 1.64. The van der Waals surface area contributed by atoms with Gasteiger partial charge in [0.2, 0.25) is 0 Å². The second-order valence-corrected chi connectivity index (χ2v) is 5.48. The van der Waals surface area contributed by atoms with Crippen molar-refractivity contribution in [3.63, 3.8) is 0 Å². The maximum atomic E-state index is 5.88. The summed E-state index contributed by atoms with van der Waals surface area (Å²) in [5, 5.41) is 12.2. The van der Waals surface area contributed by atoms with E-state index in [-0.39, 0.29) is 0 Å². The zero-order valence-corrected chi connectivity index (χ0v) is 11.8. The van der Waals surface area contributed by atoms with Crippen LogP contribution in [0.1, 0.15) is 32.2 Å². The molecule has 0 radical (unpaired) electrons. The van der Waals surface area contributed by atoms with Crippen LogP contribution in [0.2, 0.25) is 0 Å². The Morgan fingerprint density at radius 3 is 2.90 bits per heavy atom. The van der Waals surface area contributed by atoms with Crippen LogP contribution in [0.25, 0.3) is 11.4 Å². The Balaban J connectivity index is 2.03. The minimum Gasteiger partial charge on any atom is -0.496 e. The van der Waals surface area contributed by atoms with Crippen molar-refractivity contribution in [3.05, 3.63) is 18.2 Å². The lowest BCUT2D eigenvalue weighted by atomic mass is 10.1. The molecule has 1 aliphatic rings. The molecule has 6 heteroatoms. The Labute approximate surface area is 117 Å². The highest BCUT2D eigenvalue weighted by Gasteiger charge is 2.27. The van der Waals surface area contributed by atoms with Gasteiger partial charge in [-0.1, -0.05) is 6.92 Å². The molecule has 20 heavy (non-hydrogen) atoms. The highest BCUT2D eigenvalue weighted by Crippen LogP contribution is 2.37. The Hall–Kier alpha value is -2.11. The van der Waals surface area contributed by atoms with E-state index in [1.54, 1.807) is 7.11 Å². The number of nitrogens with two attached hydrogens (primary N) is 1. The third-order valence-electron chi connectivity index (χ3n) is 3.97. The predicted octanol–water partition coefficient (Wildman–Crippen LogP) is 2.29. The van der Waals surface area contributed by atoms with Gasteiger partial charge >= 0.3 is 0 Å². The second-order valence-electron chi connectivity index (χ2n) is 5.48. The lowest BCUT2D eigenvalue weighted by Gasteiger charge is -2.14. The van der Waals surface area contributed by atoms with E-state index in [1.165, 1.54) is 6.42 Å². The first kappa shape index (κ1) is 12.9. The van der Waals surface area contributed by atoms with Crippen molar-refractivity contribution in [1.82, 2.24) is 20.2 Å². The Morgan fingerprint density at radius 2 is 2.20 bits per heavy atom. The van der Waals surface area contributed by atoms with E-state index in [0.717, 1.165) is 35.9 Å². The van der Waals surface area contributed by atoms with Crippen molar-refractivity contribution in [1.29, 1.82) is 0 Å². The molecule has 1 saturated carbocycles. The molecule has 2 atom stereocenters. The molecular weight excluding hydrogens is 254 g/mol. The molecule has 0 bridgehead atoms. The second kappa shape index (κ2) is 5.11. The quantitative estimate of drug-likeness (QED) is 0.868. The molecule has 1 aliphatic carbocycles. The van der Waals surface area contributed by atoms with Crippen LogP contribution < -0.4 is 10.5 Å². The largest absolute Gasteiger partial charge is 0.496 e. The number of aromatic nitrogens is 4. The van der Waals surface area contributed by atoms with Crippen LogP contribution in [0.15, 0.2) is 18.2 Å². The van der Waals surface area contributed by atoms with Crippen molar-refractivity contribution in [2.75, 3.05) is 12.8 Å². The van der Waals surface area contributed by atoms with E-state index in [2.05, 4.69) is 22.4 Å². The summed E-state index contributed by atoms with van der Waals surface area (Å²) in [5.41, 5.74) is 7.40. The summed E-state index contributed by atoms with van der Waals surface area (Å²) in [6, 6.07) is 5.88. The lowest BCUT2D eigenvalue weighted by molar-refractivity contribution is 0.413. The first-order chi connectivity index (χ1) is 9.69. The third kappa shape index (κ3) is 2.21. The molecule has 2 N–H and O–H groups in total. The SMILES string of the molecule is COc1ccc(N)cc1-c1nnnn1C1CCC(C)C1. The van der Waals surface area contributed by atoms with Gasteiger partial charge in [-0.3, -0.25) is 0 Å². The first-order valence-corrected chi connectivity index (χ1v) is 6.90. The Bertz CT molecular complexity index is 609. The van der Waals surface area contributed by atoms with Crippen LogP contribution in [0.4, 0.5) is 5.69 Å². The van der Waals surface area contributed by atoms with Gasteiger partial charge in [-0.2, -0.15) is 0 Å². The summed E-state index contributed by atoms with van der Waals surface area (Å²) >= 11 is 0. The molecule has 0 amide bonds. The van der Waals surface area contributed by atoms with Gasteiger partial charge in [-0.05, 0) is 53.8 Å². The Morgan fingerprint density at radius 1 is 1.35 bits per heavy atom. The monoisotopic (exact) mass is 273 g/mol. The molecule has 6 nitrogen and oxygen atoms in total. The molecule has 1 aromatic carbocycles. The van der Waals surface area contributed by atoms with Crippen LogP contribution in [0.5, 0.6) is 5.75 Å². The van der Waals surface area contributed by atoms with Crippen molar-refractivity contribution in [2.45, 2.75) is 32.2 Å². The van der Waals surface area contributed by atoms with Gasteiger partial charge in [0, 0.05) is 5.69 Å². The standard InChI is InChI=1S/C14H19N5O/c1-9-3-5-11(7-9)19-14(16-17-18-19)12-8-10(15)4-6-13(12)20-2/h4,6,8-9,11H,3,5,7,15H2,1-2H3. The molecule has 106 valence electrons. The summed E-state index contributed by atoms with van der Waals surface area (Å²) in [6.07, 6.45) is 3.45. The first-order valence-electron chi connectivity index (χ1n) is 6.90. The van der Waals surface area contributed by atoms with Crippen molar-refractivity contribution in [3.8, 4) is 17.1 Å². The molecule has 3 rings (SSSR count).